The lowest BCUT2D eigenvalue weighted by atomic mass is 9.63. The third kappa shape index (κ3) is 2.32. The SMILES string of the molecule is Cc1cccc(Oc2ccc(N3C(=O)[C@H]4[C@@H]5C=C[C@@H]([C@H]6C[C@H]56)[C@@H]4C3=O)cc2)c1C. The standard InChI is InChI=1S/C25H23NO3/c1-13-4-3-5-21(14(13)2)29-16-8-6-15(7-9-16)26-24(27)22-17-10-11-18(20-12-19(17)20)23(22)25(26)28/h3-11,17-20,22-23H,12H2,1-2H3/t17-,18+,19-,20-,22+,23+/m1/s1. The van der Waals surface area contributed by atoms with Crippen LogP contribution in [0.5, 0.6) is 11.5 Å². The van der Waals surface area contributed by atoms with E-state index in [1.165, 1.54) is 16.9 Å². The van der Waals surface area contributed by atoms with E-state index in [1.54, 1.807) is 0 Å². The number of rotatable bonds is 3. The van der Waals surface area contributed by atoms with Gasteiger partial charge in [0.2, 0.25) is 11.8 Å². The van der Waals surface area contributed by atoms with Crippen LogP contribution in [0.1, 0.15) is 17.5 Å². The summed E-state index contributed by atoms with van der Waals surface area (Å²) in [5.74, 6) is 2.90. The minimum Gasteiger partial charge on any atom is -0.457 e. The molecule has 2 aromatic carbocycles. The Morgan fingerprint density at radius 1 is 0.862 bits per heavy atom. The number of aryl methyl sites for hydroxylation is 1. The van der Waals surface area contributed by atoms with Crippen molar-refractivity contribution in [2.45, 2.75) is 20.3 Å². The topological polar surface area (TPSA) is 46.6 Å². The van der Waals surface area contributed by atoms with Crippen LogP contribution in [-0.2, 0) is 9.59 Å². The summed E-state index contributed by atoms with van der Waals surface area (Å²) in [6.07, 6.45) is 5.59. The van der Waals surface area contributed by atoms with E-state index in [4.69, 9.17) is 4.74 Å². The number of nitrogens with zero attached hydrogens (tertiary/aromatic N) is 1. The monoisotopic (exact) mass is 385 g/mol. The van der Waals surface area contributed by atoms with Crippen LogP contribution >= 0.6 is 0 Å². The highest BCUT2D eigenvalue weighted by Gasteiger charge is 2.67. The molecular formula is C25H23NO3. The number of ether oxygens (including phenoxy) is 1. The molecule has 0 spiro atoms. The van der Waals surface area contributed by atoms with Crippen molar-refractivity contribution >= 4 is 17.5 Å². The van der Waals surface area contributed by atoms with Gasteiger partial charge < -0.3 is 4.74 Å². The Hall–Kier alpha value is -2.88. The molecule has 1 saturated heterocycles. The third-order valence-electron chi connectivity index (χ3n) is 7.54. The summed E-state index contributed by atoms with van der Waals surface area (Å²) in [4.78, 5) is 27.8. The van der Waals surface area contributed by atoms with Gasteiger partial charge in [0.1, 0.15) is 11.5 Å². The number of hydrogen-bond donors (Lipinski definition) is 0. The Morgan fingerprint density at radius 3 is 2.10 bits per heavy atom. The van der Waals surface area contributed by atoms with Crippen LogP contribution in [0.2, 0.25) is 0 Å². The molecule has 0 N–H and O–H groups in total. The highest BCUT2D eigenvalue weighted by molar-refractivity contribution is 6.22. The van der Waals surface area contributed by atoms with Crippen molar-refractivity contribution in [1.29, 1.82) is 0 Å². The molecule has 5 aliphatic rings. The Balaban J connectivity index is 1.27. The molecule has 4 aliphatic carbocycles. The van der Waals surface area contributed by atoms with Crippen molar-refractivity contribution in [2.24, 2.45) is 35.5 Å². The molecule has 4 heteroatoms. The fraction of sp³-hybridized carbons (Fsp3) is 0.360. The molecule has 29 heavy (non-hydrogen) atoms. The molecule has 146 valence electrons. The zero-order valence-electron chi connectivity index (χ0n) is 16.5. The average molecular weight is 385 g/mol. The van der Waals surface area contributed by atoms with Crippen molar-refractivity contribution in [3.8, 4) is 11.5 Å². The second-order valence-electron chi connectivity index (χ2n) is 8.96. The van der Waals surface area contributed by atoms with Crippen molar-refractivity contribution in [3.05, 3.63) is 65.7 Å². The molecule has 2 bridgehead atoms. The molecule has 0 radical (unpaired) electrons. The minimum absolute atomic E-state index is 0.0205. The maximum atomic E-state index is 13.2. The predicted octanol–water partition coefficient (Wildman–Crippen LogP) is 4.65. The maximum Gasteiger partial charge on any atom is 0.238 e. The van der Waals surface area contributed by atoms with E-state index in [1.807, 2.05) is 43.3 Å². The summed E-state index contributed by atoms with van der Waals surface area (Å²) >= 11 is 0. The van der Waals surface area contributed by atoms with Gasteiger partial charge >= 0.3 is 0 Å². The molecule has 4 nitrogen and oxygen atoms in total. The first-order valence-electron chi connectivity index (χ1n) is 10.4. The quantitative estimate of drug-likeness (QED) is 0.571. The van der Waals surface area contributed by atoms with Crippen LogP contribution in [0, 0.1) is 49.4 Å². The van der Waals surface area contributed by atoms with Crippen LogP contribution in [0.25, 0.3) is 0 Å². The van der Waals surface area contributed by atoms with Gasteiger partial charge in [0, 0.05) is 0 Å². The Bertz CT molecular complexity index is 1030. The van der Waals surface area contributed by atoms with Crippen LogP contribution in [-0.4, -0.2) is 11.8 Å². The van der Waals surface area contributed by atoms with Gasteiger partial charge in [-0.25, -0.2) is 0 Å². The van der Waals surface area contributed by atoms with E-state index in [-0.39, 0.29) is 35.5 Å². The Morgan fingerprint density at radius 2 is 1.48 bits per heavy atom. The van der Waals surface area contributed by atoms with E-state index in [0.29, 0.717) is 23.3 Å². The van der Waals surface area contributed by atoms with E-state index >= 15 is 0 Å². The normalized spacial score (nSPS) is 33.7. The number of carbonyl (C=O) groups is 2. The zero-order valence-corrected chi connectivity index (χ0v) is 16.5. The fourth-order valence-electron chi connectivity index (χ4n) is 5.84. The van der Waals surface area contributed by atoms with Gasteiger partial charge in [-0.15, -0.1) is 0 Å². The van der Waals surface area contributed by atoms with Crippen molar-refractivity contribution < 1.29 is 14.3 Å². The summed E-state index contributed by atoms with van der Waals surface area (Å²) in [5.41, 5.74) is 2.93. The molecule has 3 fully saturated rings. The van der Waals surface area contributed by atoms with Crippen LogP contribution in [0.15, 0.2) is 54.6 Å². The summed E-state index contributed by atoms with van der Waals surface area (Å²) in [6, 6.07) is 13.3. The highest BCUT2D eigenvalue weighted by Crippen LogP contribution is 2.65. The van der Waals surface area contributed by atoms with Gasteiger partial charge in [0.25, 0.3) is 0 Å². The lowest BCUT2D eigenvalue weighted by Crippen LogP contribution is -2.40. The lowest BCUT2D eigenvalue weighted by molar-refractivity contribution is -0.124. The third-order valence-corrected chi connectivity index (χ3v) is 7.54. The number of anilines is 1. The van der Waals surface area contributed by atoms with E-state index < -0.39 is 0 Å². The molecule has 2 amide bonds. The van der Waals surface area contributed by atoms with Crippen molar-refractivity contribution in [2.75, 3.05) is 4.90 Å². The van der Waals surface area contributed by atoms with Gasteiger partial charge in [0.05, 0.1) is 17.5 Å². The fourth-order valence-corrected chi connectivity index (χ4v) is 5.84. The van der Waals surface area contributed by atoms with Crippen molar-refractivity contribution in [3.63, 3.8) is 0 Å². The van der Waals surface area contributed by atoms with Gasteiger partial charge in [-0.05, 0) is 85.4 Å². The van der Waals surface area contributed by atoms with E-state index in [2.05, 4.69) is 25.1 Å². The largest absolute Gasteiger partial charge is 0.457 e. The van der Waals surface area contributed by atoms with Crippen LogP contribution < -0.4 is 9.64 Å². The lowest BCUT2D eigenvalue weighted by Gasteiger charge is -2.37. The minimum atomic E-state index is -0.160. The van der Waals surface area contributed by atoms with E-state index in [9.17, 15) is 9.59 Å². The number of imide groups is 1. The average Bonchev–Trinajstić information content (AvgIpc) is 3.50. The summed E-state index contributed by atoms with van der Waals surface area (Å²) in [6.45, 7) is 4.09. The van der Waals surface area contributed by atoms with Gasteiger partial charge in [0.15, 0.2) is 0 Å². The zero-order chi connectivity index (χ0) is 19.9. The number of carbonyl (C=O) groups excluding carboxylic acids is 2. The predicted molar refractivity (Wildman–Crippen MR) is 110 cm³/mol. The second kappa shape index (κ2) is 5.82. The molecular weight excluding hydrogens is 362 g/mol. The molecule has 1 aliphatic heterocycles. The number of amides is 2. The van der Waals surface area contributed by atoms with Crippen LogP contribution in [0.4, 0.5) is 5.69 Å². The van der Waals surface area contributed by atoms with Gasteiger partial charge in [-0.3, -0.25) is 14.5 Å². The first-order valence-corrected chi connectivity index (χ1v) is 10.4. The summed E-state index contributed by atoms with van der Waals surface area (Å²) in [5, 5.41) is 0. The van der Waals surface area contributed by atoms with Crippen molar-refractivity contribution in [1.82, 2.24) is 0 Å². The number of allylic oxidation sites excluding steroid dienone is 2. The first kappa shape index (κ1) is 17.0. The molecule has 2 saturated carbocycles. The molecule has 1 heterocycles. The first-order chi connectivity index (χ1) is 14.0. The maximum absolute atomic E-state index is 13.2. The van der Waals surface area contributed by atoms with Gasteiger partial charge in [-0.2, -0.15) is 0 Å². The number of hydrogen-bond acceptors (Lipinski definition) is 3. The molecule has 6 atom stereocenters. The van der Waals surface area contributed by atoms with Gasteiger partial charge in [-0.1, -0.05) is 24.3 Å². The Labute approximate surface area is 170 Å². The molecule has 0 unspecified atom stereocenters. The van der Waals surface area contributed by atoms with E-state index in [0.717, 1.165) is 11.3 Å². The van der Waals surface area contributed by atoms with Crippen LogP contribution in [0.3, 0.4) is 0 Å². The smallest absolute Gasteiger partial charge is 0.238 e. The second-order valence-corrected chi connectivity index (χ2v) is 8.96. The summed E-state index contributed by atoms with van der Waals surface area (Å²) < 4.78 is 6.02. The Kier molecular flexibility index (Phi) is 3.41. The molecule has 7 rings (SSSR count). The number of benzene rings is 2. The molecule has 2 aromatic rings. The highest BCUT2D eigenvalue weighted by atomic mass is 16.5. The summed E-state index contributed by atoms with van der Waals surface area (Å²) in [7, 11) is 0. The molecule has 0 aromatic heterocycles.